The van der Waals surface area contributed by atoms with Gasteiger partial charge in [-0.3, -0.25) is 10.1 Å². The lowest BCUT2D eigenvalue weighted by Crippen LogP contribution is -2.35. The third-order valence-electron chi connectivity index (χ3n) is 3.00. The fraction of sp³-hybridized carbons (Fsp3) is 0.625. The number of nitro benzene ring substituents is 1. The van der Waals surface area contributed by atoms with E-state index in [9.17, 15) is 10.1 Å². The van der Waals surface area contributed by atoms with Crippen LogP contribution < -0.4 is 4.74 Å². The Labute approximate surface area is 128 Å². The molecule has 1 heterocycles. The summed E-state index contributed by atoms with van der Waals surface area (Å²) in [5.41, 5.74) is 0.0791. The number of nitrogens with zero attached hydrogens (tertiary/aromatic N) is 2. The van der Waals surface area contributed by atoms with E-state index < -0.39 is 4.92 Å². The molecule has 0 spiro atoms. The van der Waals surface area contributed by atoms with Gasteiger partial charge in [-0.1, -0.05) is 33.8 Å². The van der Waals surface area contributed by atoms with Gasteiger partial charge in [0.2, 0.25) is 0 Å². The average Bonchev–Trinajstić information content (AvgIpc) is 2.54. The van der Waals surface area contributed by atoms with E-state index in [4.69, 9.17) is 4.74 Å². The fourth-order valence-electron chi connectivity index (χ4n) is 1.97. The van der Waals surface area contributed by atoms with Crippen molar-refractivity contribution in [2.75, 3.05) is 20.1 Å². The van der Waals surface area contributed by atoms with E-state index in [1.54, 1.807) is 12.1 Å². The van der Waals surface area contributed by atoms with Gasteiger partial charge < -0.3 is 9.64 Å². The molecule has 1 aliphatic heterocycles. The largest absolute Gasteiger partial charge is 0.490 e. The molecule has 0 atom stereocenters. The molecule has 5 nitrogen and oxygen atoms in total. The first-order chi connectivity index (χ1) is 10.1. The van der Waals surface area contributed by atoms with Crippen LogP contribution in [0.3, 0.4) is 0 Å². The molecular weight excluding hydrogens is 268 g/mol. The minimum absolute atomic E-state index is 0.0791. The summed E-state index contributed by atoms with van der Waals surface area (Å²) in [7, 11) is 2.09. The first-order valence-corrected chi connectivity index (χ1v) is 7.75. The standard InChI is InChI=1S/C12H16N2O3.2C2H6/c1-13-7-5-11(6-8-13)17-12-4-2-3-10(9-12)14(15)16;2*1-2/h2-4,9,11H,5-8H2,1H3;2*1-2H3. The fourth-order valence-corrected chi connectivity index (χ4v) is 1.97. The number of nitro groups is 1. The summed E-state index contributed by atoms with van der Waals surface area (Å²) < 4.78 is 5.76. The summed E-state index contributed by atoms with van der Waals surface area (Å²) >= 11 is 0. The van der Waals surface area contributed by atoms with Crippen LogP contribution in [0.2, 0.25) is 0 Å². The third kappa shape index (κ3) is 7.09. The summed E-state index contributed by atoms with van der Waals surface area (Å²) in [5, 5.41) is 10.6. The van der Waals surface area contributed by atoms with Crippen LogP contribution >= 0.6 is 0 Å². The zero-order valence-corrected chi connectivity index (χ0v) is 13.8. The van der Waals surface area contributed by atoms with Crippen LogP contribution in [-0.2, 0) is 0 Å². The second-order valence-electron chi connectivity index (χ2n) is 4.37. The van der Waals surface area contributed by atoms with E-state index in [2.05, 4.69) is 11.9 Å². The Bertz CT molecular complexity index is 402. The molecule has 0 amide bonds. The Morgan fingerprint density at radius 2 is 1.76 bits per heavy atom. The number of ether oxygens (including phenoxy) is 1. The van der Waals surface area contributed by atoms with E-state index in [0.29, 0.717) is 5.75 Å². The van der Waals surface area contributed by atoms with Gasteiger partial charge in [0, 0.05) is 19.2 Å². The van der Waals surface area contributed by atoms with E-state index in [1.165, 1.54) is 12.1 Å². The van der Waals surface area contributed by atoms with Crippen LogP contribution in [0.4, 0.5) is 5.69 Å². The number of likely N-dealkylation sites (tertiary alicyclic amines) is 1. The van der Waals surface area contributed by atoms with E-state index in [1.807, 2.05) is 27.7 Å². The van der Waals surface area contributed by atoms with Gasteiger partial charge in [-0.2, -0.15) is 0 Å². The molecule has 0 N–H and O–H groups in total. The molecule has 0 unspecified atom stereocenters. The van der Waals surface area contributed by atoms with E-state index >= 15 is 0 Å². The average molecular weight is 296 g/mol. The van der Waals surface area contributed by atoms with Crippen molar-refractivity contribution in [2.45, 2.75) is 46.6 Å². The third-order valence-corrected chi connectivity index (χ3v) is 3.00. The number of rotatable bonds is 3. The van der Waals surface area contributed by atoms with Crippen LogP contribution in [0.1, 0.15) is 40.5 Å². The monoisotopic (exact) mass is 296 g/mol. The van der Waals surface area contributed by atoms with Gasteiger partial charge >= 0.3 is 0 Å². The van der Waals surface area contributed by atoms with Crippen molar-refractivity contribution < 1.29 is 9.66 Å². The quantitative estimate of drug-likeness (QED) is 0.622. The molecule has 120 valence electrons. The SMILES string of the molecule is CC.CC.CN1CCC(Oc2cccc([N+](=O)[O-])c2)CC1. The highest BCUT2D eigenvalue weighted by atomic mass is 16.6. The number of hydrogen-bond acceptors (Lipinski definition) is 4. The minimum Gasteiger partial charge on any atom is -0.490 e. The zero-order valence-electron chi connectivity index (χ0n) is 13.8. The molecule has 1 saturated heterocycles. The second kappa shape index (κ2) is 11.1. The van der Waals surface area contributed by atoms with E-state index in [-0.39, 0.29) is 11.8 Å². The smallest absolute Gasteiger partial charge is 0.273 e. The van der Waals surface area contributed by atoms with Gasteiger partial charge in [0.25, 0.3) is 5.69 Å². The highest BCUT2D eigenvalue weighted by Gasteiger charge is 2.18. The molecule has 0 aromatic heterocycles. The van der Waals surface area contributed by atoms with E-state index in [0.717, 1.165) is 25.9 Å². The van der Waals surface area contributed by atoms with Crippen LogP contribution in [0.25, 0.3) is 0 Å². The molecule has 1 aromatic rings. The highest BCUT2D eigenvalue weighted by molar-refractivity contribution is 5.38. The maximum absolute atomic E-state index is 10.6. The summed E-state index contributed by atoms with van der Waals surface area (Å²) in [5.74, 6) is 0.591. The number of benzene rings is 1. The molecule has 1 fully saturated rings. The van der Waals surface area contributed by atoms with Crippen molar-refractivity contribution in [1.29, 1.82) is 0 Å². The Kier molecular flexibility index (Phi) is 10.2. The van der Waals surface area contributed by atoms with Crippen molar-refractivity contribution in [1.82, 2.24) is 4.90 Å². The molecule has 0 radical (unpaired) electrons. The lowest BCUT2D eigenvalue weighted by Gasteiger charge is -2.29. The highest BCUT2D eigenvalue weighted by Crippen LogP contribution is 2.22. The molecule has 2 rings (SSSR count). The van der Waals surface area contributed by atoms with Crippen molar-refractivity contribution in [3.05, 3.63) is 34.4 Å². The lowest BCUT2D eigenvalue weighted by atomic mass is 10.1. The first-order valence-electron chi connectivity index (χ1n) is 7.75. The Morgan fingerprint density at radius 3 is 2.29 bits per heavy atom. The van der Waals surface area contributed by atoms with Crippen molar-refractivity contribution >= 4 is 5.69 Å². The molecule has 1 aliphatic rings. The molecule has 0 aliphatic carbocycles. The second-order valence-corrected chi connectivity index (χ2v) is 4.37. The molecular formula is C16H28N2O3. The summed E-state index contributed by atoms with van der Waals surface area (Å²) in [6, 6.07) is 6.38. The molecule has 21 heavy (non-hydrogen) atoms. The van der Waals surface area contributed by atoms with Crippen molar-refractivity contribution in [3.8, 4) is 5.75 Å². The van der Waals surface area contributed by atoms with Gasteiger partial charge in [-0.05, 0) is 26.0 Å². The Balaban J connectivity index is 0.000000921. The first kappa shape index (κ1) is 19.4. The number of piperidine rings is 1. The molecule has 5 heteroatoms. The zero-order chi connectivity index (χ0) is 16.3. The Hall–Kier alpha value is -1.62. The maximum Gasteiger partial charge on any atom is 0.273 e. The lowest BCUT2D eigenvalue weighted by molar-refractivity contribution is -0.384. The summed E-state index contributed by atoms with van der Waals surface area (Å²) in [6.45, 7) is 10.0. The molecule has 0 bridgehead atoms. The van der Waals surface area contributed by atoms with Gasteiger partial charge in [0.15, 0.2) is 0 Å². The van der Waals surface area contributed by atoms with Gasteiger partial charge in [-0.25, -0.2) is 0 Å². The Morgan fingerprint density at radius 1 is 1.19 bits per heavy atom. The maximum atomic E-state index is 10.6. The topological polar surface area (TPSA) is 55.6 Å². The van der Waals surface area contributed by atoms with Crippen molar-refractivity contribution in [3.63, 3.8) is 0 Å². The van der Waals surface area contributed by atoms with Crippen LogP contribution in [0.15, 0.2) is 24.3 Å². The number of hydrogen-bond donors (Lipinski definition) is 0. The minimum atomic E-state index is -0.401. The van der Waals surface area contributed by atoms with Crippen molar-refractivity contribution in [2.24, 2.45) is 0 Å². The molecule has 0 saturated carbocycles. The van der Waals surface area contributed by atoms with Gasteiger partial charge in [0.05, 0.1) is 11.0 Å². The molecule has 1 aromatic carbocycles. The summed E-state index contributed by atoms with van der Waals surface area (Å²) in [4.78, 5) is 12.5. The predicted molar refractivity (Wildman–Crippen MR) is 86.9 cm³/mol. The van der Waals surface area contributed by atoms with Crippen LogP contribution in [0.5, 0.6) is 5.75 Å². The van der Waals surface area contributed by atoms with Gasteiger partial charge in [-0.15, -0.1) is 0 Å². The number of non-ortho nitro benzene ring substituents is 1. The predicted octanol–water partition coefficient (Wildman–Crippen LogP) is 4.12. The van der Waals surface area contributed by atoms with Gasteiger partial charge in [0.1, 0.15) is 11.9 Å². The normalized spacial score (nSPS) is 15.1. The van der Waals surface area contributed by atoms with Crippen LogP contribution in [-0.4, -0.2) is 36.1 Å². The summed E-state index contributed by atoms with van der Waals surface area (Å²) in [6.07, 6.45) is 2.12. The van der Waals surface area contributed by atoms with Crippen LogP contribution in [0, 0.1) is 10.1 Å².